The zero-order valence-corrected chi connectivity index (χ0v) is 17.3. The molecule has 2 amide bonds. The van der Waals surface area contributed by atoms with Gasteiger partial charge in [-0.3, -0.25) is 9.59 Å². The number of carbonyl (C=O) groups is 2. The van der Waals surface area contributed by atoms with Gasteiger partial charge < -0.3 is 15.1 Å². The number of nitrogens with zero attached hydrogens (tertiary/aromatic N) is 3. The number of hydrogen-bond acceptors (Lipinski definition) is 4. The van der Waals surface area contributed by atoms with E-state index in [0.717, 1.165) is 32.2 Å². The van der Waals surface area contributed by atoms with E-state index in [1.54, 1.807) is 17.0 Å². The first-order valence-electron chi connectivity index (χ1n) is 10.1. The Hall–Kier alpha value is -2.42. The van der Waals surface area contributed by atoms with Gasteiger partial charge in [0.2, 0.25) is 11.8 Å². The maximum atomic E-state index is 12.7. The van der Waals surface area contributed by atoms with Gasteiger partial charge in [-0.2, -0.15) is 8.42 Å². The third kappa shape index (κ3) is 4.29. The van der Waals surface area contributed by atoms with Gasteiger partial charge in [0.15, 0.2) is 0 Å². The molecule has 3 fully saturated rings. The van der Waals surface area contributed by atoms with Crippen molar-refractivity contribution >= 4 is 33.4 Å². The molecule has 1 saturated carbocycles. The Kier molecular flexibility index (Phi) is 5.33. The highest BCUT2D eigenvalue weighted by molar-refractivity contribution is 7.90. The number of benzene rings is 1. The van der Waals surface area contributed by atoms with Crippen molar-refractivity contribution in [1.29, 1.82) is 0 Å². The molecule has 1 N–H and O–H groups in total. The van der Waals surface area contributed by atoms with Gasteiger partial charge in [-0.15, -0.1) is 4.40 Å². The molecule has 29 heavy (non-hydrogen) atoms. The fraction of sp³-hybridized carbons (Fsp3) is 0.550. The first-order valence-corrected chi connectivity index (χ1v) is 11.6. The van der Waals surface area contributed by atoms with E-state index in [2.05, 4.69) is 9.71 Å². The molecule has 3 aliphatic rings. The Labute approximate surface area is 171 Å². The van der Waals surface area contributed by atoms with Gasteiger partial charge in [-0.05, 0) is 56.4 Å². The lowest BCUT2D eigenvalue weighted by molar-refractivity contribution is -0.137. The molecule has 0 spiro atoms. The summed E-state index contributed by atoms with van der Waals surface area (Å²) >= 11 is 0. The summed E-state index contributed by atoms with van der Waals surface area (Å²) in [5.74, 6) is 0.525. The maximum absolute atomic E-state index is 12.7. The minimum Gasteiger partial charge on any atom is -0.362 e. The van der Waals surface area contributed by atoms with E-state index < -0.39 is 16.1 Å². The standard InChI is InChI=1S/C20H26N4O4S/c1-23-12-3-5-18(23)22-29(27,28)16-10-8-15(9-11-16)21-19(25)17-4-2-13-24(17)20(26)14-6-7-14/h8-11,14,17H,2-7,12-13H2,1H3,(H,21,25)/b22-18+. The normalized spacial score (nSPS) is 23.6. The Morgan fingerprint density at radius 2 is 1.79 bits per heavy atom. The van der Waals surface area contributed by atoms with Crippen molar-refractivity contribution in [2.75, 3.05) is 25.5 Å². The molecule has 1 atom stereocenters. The van der Waals surface area contributed by atoms with Crippen molar-refractivity contribution in [3.63, 3.8) is 0 Å². The highest BCUT2D eigenvalue weighted by atomic mass is 32.2. The average molecular weight is 419 g/mol. The summed E-state index contributed by atoms with van der Waals surface area (Å²) in [6.07, 6.45) is 4.86. The zero-order chi connectivity index (χ0) is 20.6. The fourth-order valence-electron chi connectivity index (χ4n) is 3.90. The zero-order valence-electron chi connectivity index (χ0n) is 16.5. The lowest BCUT2D eigenvalue weighted by atomic mass is 10.2. The summed E-state index contributed by atoms with van der Waals surface area (Å²) in [5, 5.41) is 2.82. The summed E-state index contributed by atoms with van der Waals surface area (Å²) in [6, 6.07) is 5.57. The predicted molar refractivity (Wildman–Crippen MR) is 109 cm³/mol. The summed E-state index contributed by atoms with van der Waals surface area (Å²) in [7, 11) is -1.95. The first-order chi connectivity index (χ1) is 13.8. The maximum Gasteiger partial charge on any atom is 0.283 e. The van der Waals surface area contributed by atoms with Gasteiger partial charge >= 0.3 is 0 Å². The Morgan fingerprint density at radius 1 is 1.07 bits per heavy atom. The molecule has 156 valence electrons. The molecule has 2 aliphatic heterocycles. The van der Waals surface area contributed by atoms with Crippen LogP contribution in [0.3, 0.4) is 0 Å². The van der Waals surface area contributed by atoms with Gasteiger partial charge in [0.05, 0.1) is 4.90 Å². The molecule has 0 radical (unpaired) electrons. The van der Waals surface area contributed by atoms with Crippen molar-refractivity contribution in [1.82, 2.24) is 9.80 Å². The molecule has 1 aromatic carbocycles. The van der Waals surface area contributed by atoms with E-state index in [-0.39, 0.29) is 22.6 Å². The van der Waals surface area contributed by atoms with Crippen LogP contribution in [-0.2, 0) is 19.6 Å². The Morgan fingerprint density at radius 3 is 2.41 bits per heavy atom. The molecule has 1 aliphatic carbocycles. The monoisotopic (exact) mass is 418 g/mol. The van der Waals surface area contributed by atoms with Crippen molar-refractivity contribution < 1.29 is 18.0 Å². The second-order valence-corrected chi connectivity index (χ2v) is 9.59. The summed E-state index contributed by atoms with van der Waals surface area (Å²) in [5.41, 5.74) is 0.505. The van der Waals surface area contributed by atoms with Crippen LogP contribution >= 0.6 is 0 Å². The topological polar surface area (TPSA) is 99.2 Å². The second kappa shape index (κ2) is 7.78. The molecule has 8 nitrogen and oxygen atoms in total. The molecular formula is C20H26N4O4S. The quantitative estimate of drug-likeness (QED) is 0.787. The molecule has 1 aromatic rings. The number of nitrogens with one attached hydrogen (secondary N) is 1. The molecule has 9 heteroatoms. The van der Waals surface area contributed by atoms with Crippen LogP contribution in [0.15, 0.2) is 33.6 Å². The van der Waals surface area contributed by atoms with Gasteiger partial charge in [-0.25, -0.2) is 0 Å². The van der Waals surface area contributed by atoms with Gasteiger partial charge in [-0.1, -0.05) is 0 Å². The van der Waals surface area contributed by atoms with Gasteiger partial charge in [0.1, 0.15) is 11.9 Å². The van der Waals surface area contributed by atoms with Crippen molar-refractivity contribution in [2.24, 2.45) is 10.3 Å². The molecule has 0 bridgehead atoms. The average Bonchev–Trinajstić information content (AvgIpc) is 3.29. The number of amidine groups is 1. The van der Waals surface area contributed by atoms with Crippen LogP contribution in [0.4, 0.5) is 5.69 Å². The van der Waals surface area contributed by atoms with Gasteiger partial charge in [0, 0.05) is 38.2 Å². The molecular weight excluding hydrogens is 392 g/mol. The number of rotatable bonds is 5. The van der Waals surface area contributed by atoms with E-state index >= 15 is 0 Å². The van der Waals surface area contributed by atoms with Crippen LogP contribution < -0.4 is 5.32 Å². The molecule has 4 rings (SSSR count). The number of amides is 2. The fourth-order valence-corrected chi connectivity index (χ4v) is 5.00. The van der Waals surface area contributed by atoms with Crippen LogP contribution in [-0.4, -0.2) is 62.0 Å². The van der Waals surface area contributed by atoms with Crippen LogP contribution in [0.25, 0.3) is 0 Å². The third-order valence-corrected chi connectivity index (χ3v) is 7.06. The SMILES string of the molecule is CN1CCC/C1=N\S(=O)(=O)c1ccc(NC(=O)C2CCCN2C(=O)C2CC2)cc1. The molecule has 1 unspecified atom stereocenters. The van der Waals surface area contributed by atoms with E-state index in [1.165, 1.54) is 12.1 Å². The number of carbonyl (C=O) groups excluding carboxylic acids is 2. The van der Waals surface area contributed by atoms with Crippen LogP contribution in [0, 0.1) is 5.92 Å². The van der Waals surface area contributed by atoms with Crippen molar-refractivity contribution in [3.05, 3.63) is 24.3 Å². The largest absolute Gasteiger partial charge is 0.362 e. The summed E-state index contributed by atoms with van der Waals surface area (Å²) in [6.45, 7) is 1.43. The van der Waals surface area contributed by atoms with Crippen molar-refractivity contribution in [2.45, 2.75) is 49.5 Å². The number of anilines is 1. The van der Waals surface area contributed by atoms with Crippen molar-refractivity contribution in [3.8, 4) is 0 Å². The number of hydrogen-bond donors (Lipinski definition) is 1. The van der Waals surface area contributed by atoms with E-state index in [4.69, 9.17) is 0 Å². The van der Waals surface area contributed by atoms with Crippen LogP contribution in [0.5, 0.6) is 0 Å². The number of sulfonamides is 1. The smallest absolute Gasteiger partial charge is 0.283 e. The minimum atomic E-state index is -3.78. The molecule has 2 heterocycles. The Bertz CT molecular complexity index is 938. The second-order valence-electron chi connectivity index (χ2n) is 7.99. The third-order valence-electron chi connectivity index (χ3n) is 5.74. The van der Waals surface area contributed by atoms with E-state index in [9.17, 15) is 18.0 Å². The van der Waals surface area contributed by atoms with E-state index in [0.29, 0.717) is 30.9 Å². The first kappa shape index (κ1) is 19.9. The Balaban J connectivity index is 1.43. The lowest BCUT2D eigenvalue weighted by Crippen LogP contribution is -2.43. The lowest BCUT2D eigenvalue weighted by Gasteiger charge is -2.24. The highest BCUT2D eigenvalue weighted by Gasteiger charge is 2.40. The minimum absolute atomic E-state index is 0.0834. The summed E-state index contributed by atoms with van der Waals surface area (Å²) in [4.78, 5) is 28.7. The molecule has 2 saturated heterocycles. The number of likely N-dealkylation sites (tertiary alicyclic amines) is 2. The predicted octanol–water partition coefficient (Wildman–Crippen LogP) is 1.84. The van der Waals surface area contributed by atoms with E-state index in [1.807, 2.05) is 11.9 Å². The van der Waals surface area contributed by atoms with Gasteiger partial charge in [0.25, 0.3) is 10.0 Å². The van der Waals surface area contributed by atoms with Crippen LogP contribution in [0.1, 0.15) is 38.5 Å². The summed E-state index contributed by atoms with van der Waals surface area (Å²) < 4.78 is 29.0. The van der Waals surface area contributed by atoms with Crippen LogP contribution in [0.2, 0.25) is 0 Å². The molecule has 0 aromatic heterocycles. The highest BCUT2D eigenvalue weighted by Crippen LogP contribution is 2.34.